The maximum absolute atomic E-state index is 12.3. The number of hydrogen-bond donors (Lipinski definition) is 2. The zero-order valence-corrected chi connectivity index (χ0v) is 14.5. The number of benzene rings is 2. The van der Waals surface area contributed by atoms with Crippen molar-refractivity contribution in [1.29, 1.82) is 0 Å². The van der Waals surface area contributed by atoms with Crippen LogP contribution in [0.2, 0.25) is 0 Å². The Balaban J connectivity index is 1.79. The molecule has 2 aromatic carbocycles. The first-order valence-corrected chi connectivity index (χ1v) is 8.31. The summed E-state index contributed by atoms with van der Waals surface area (Å²) in [6, 6.07) is 13.2. The number of alkyl halides is 3. The molecule has 3 rings (SSSR count). The van der Waals surface area contributed by atoms with Gasteiger partial charge in [-0.3, -0.25) is 4.79 Å². The molecule has 0 fully saturated rings. The van der Waals surface area contributed by atoms with Crippen LogP contribution >= 0.6 is 15.9 Å². The Morgan fingerprint density at radius 2 is 1.88 bits per heavy atom. The van der Waals surface area contributed by atoms with Crippen molar-refractivity contribution in [1.82, 2.24) is 10.3 Å². The van der Waals surface area contributed by atoms with Crippen LogP contribution in [0, 0.1) is 0 Å². The van der Waals surface area contributed by atoms with Gasteiger partial charge in [0.05, 0.1) is 0 Å². The maximum atomic E-state index is 12.3. The molecule has 1 aromatic heterocycles. The first-order chi connectivity index (χ1) is 11.8. The SMILES string of the molecule is O=C(NCc1ccc(Br)c(Cc2c[nH]c3ccccc23)c1)C(F)(F)F. The Morgan fingerprint density at radius 3 is 2.64 bits per heavy atom. The number of nitrogens with one attached hydrogen (secondary N) is 2. The average molecular weight is 411 g/mol. The Hall–Kier alpha value is -2.28. The van der Waals surface area contributed by atoms with Gasteiger partial charge in [0.2, 0.25) is 0 Å². The minimum atomic E-state index is -4.87. The fourth-order valence-corrected chi connectivity index (χ4v) is 3.03. The maximum Gasteiger partial charge on any atom is 0.471 e. The van der Waals surface area contributed by atoms with Gasteiger partial charge >= 0.3 is 12.1 Å². The molecule has 0 saturated carbocycles. The summed E-state index contributed by atoms with van der Waals surface area (Å²) in [4.78, 5) is 14.1. The van der Waals surface area contributed by atoms with Crippen molar-refractivity contribution in [2.75, 3.05) is 0 Å². The van der Waals surface area contributed by atoms with E-state index in [2.05, 4.69) is 20.9 Å². The van der Waals surface area contributed by atoms with Crippen LogP contribution in [-0.2, 0) is 17.8 Å². The summed E-state index contributed by atoms with van der Waals surface area (Å²) >= 11 is 3.47. The normalized spacial score (nSPS) is 11.7. The van der Waals surface area contributed by atoms with E-state index in [1.165, 1.54) is 0 Å². The molecule has 0 radical (unpaired) electrons. The Kier molecular flexibility index (Phi) is 4.85. The van der Waals surface area contributed by atoms with Gasteiger partial charge in [-0.2, -0.15) is 13.2 Å². The van der Waals surface area contributed by atoms with Gasteiger partial charge in [0, 0.05) is 34.5 Å². The molecule has 7 heteroatoms. The lowest BCUT2D eigenvalue weighted by atomic mass is 10.0. The van der Waals surface area contributed by atoms with E-state index in [0.29, 0.717) is 12.0 Å². The predicted octanol–water partition coefficient (Wildman–Crippen LogP) is 4.70. The largest absolute Gasteiger partial charge is 0.471 e. The lowest BCUT2D eigenvalue weighted by Gasteiger charge is -2.10. The zero-order chi connectivity index (χ0) is 18.0. The second-order valence-electron chi connectivity index (χ2n) is 5.64. The van der Waals surface area contributed by atoms with Gasteiger partial charge in [-0.25, -0.2) is 0 Å². The highest BCUT2D eigenvalue weighted by molar-refractivity contribution is 9.10. The number of aromatic nitrogens is 1. The van der Waals surface area contributed by atoms with Crippen molar-refractivity contribution in [2.24, 2.45) is 0 Å². The van der Waals surface area contributed by atoms with Crippen LogP contribution < -0.4 is 5.32 Å². The van der Waals surface area contributed by atoms with Crippen LogP contribution in [0.25, 0.3) is 10.9 Å². The van der Waals surface area contributed by atoms with E-state index in [-0.39, 0.29) is 6.54 Å². The fraction of sp³-hybridized carbons (Fsp3) is 0.167. The first-order valence-electron chi connectivity index (χ1n) is 7.52. The molecule has 1 heterocycles. The number of carbonyl (C=O) groups excluding carboxylic acids is 1. The fourth-order valence-electron chi connectivity index (χ4n) is 2.64. The van der Waals surface area contributed by atoms with Crippen molar-refractivity contribution in [3.05, 3.63) is 69.8 Å². The van der Waals surface area contributed by atoms with Crippen molar-refractivity contribution in [3.63, 3.8) is 0 Å². The summed E-state index contributed by atoms with van der Waals surface area (Å²) in [5, 5.41) is 2.99. The third-order valence-electron chi connectivity index (χ3n) is 3.88. The summed E-state index contributed by atoms with van der Waals surface area (Å²) in [5.74, 6) is -1.94. The first kappa shape index (κ1) is 17.5. The van der Waals surface area contributed by atoms with Gasteiger partial charge in [0.25, 0.3) is 0 Å². The van der Waals surface area contributed by atoms with Crippen LogP contribution in [-0.4, -0.2) is 17.1 Å². The van der Waals surface area contributed by atoms with E-state index in [1.54, 1.807) is 18.2 Å². The number of amides is 1. The average Bonchev–Trinajstić information content (AvgIpc) is 2.97. The molecule has 25 heavy (non-hydrogen) atoms. The standard InChI is InChI=1S/C18H14BrF3N2O/c19-15-6-5-11(9-24-17(25)18(20,21)22)7-12(15)8-13-10-23-16-4-2-1-3-14(13)16/h1-7,10,23H,8-9H2,(H,24,25). The monoisotopic (exact) mass is 410 g/mol. The molecule has 3 aromatic rings. The number of fused-ring (bicyclic) bond motifs is 1. The van der Waals surface area contributed by atoms with Crippen LogP contribution in [0.15, 0.2) is 53.1 Å². The third-order valence-corrected chi connectivity index (χ3v) is 4.65. The second kappa shape index (κ2) is 6.92. The molecule has 0 unspecified atom stereocenters. The zero-order valence-electron chi connectivity index (χ0n) is 13.0. The highest BCUT2D eigenvalue weighted by Crippen LogP contribution is 2.26. The van der Waals surface area contributed by atoms with E-state index in [9.17, 15) is 18.0 Å². The molecule has 3 nitrogen and oxygen atoms in total. The molecular formula is C18H14BrF3N2O. The number of halogens is 4. The van der Waals surface area contributed by atoms with Gasteiger partial charge in [-0.05, 0) is 28.8 Å². The number of aromatic amines is 1. The number of carbonyl (C=O) groups is 1. The van der Waals surface area contributed by atoms with Crippen LogP contribution in [0.4, 0.5) is 13.2 Å². The molecule has 0 spiro atoms. The summed E-state index contributed by atoms with van der Waals surface area (Å²) < 4.78 is 37.7. The predicted molar refractivity (Wildman–Crippen MR) is 93.1 cm³/mol. The van der Waals surface area contributed by atoms with Crippen molar-refractivity contribution >= 4 is 32.7 Å². The van der Waals surface area contributed by atoms with E-state index in [0.717, 1.165) is 26.5 Å². The minimum Gasteiger partial charge on any atom is -0.361 e. The summed E-state index contributed by atoms with van der Waals surface area (Å²) in [5.41, 5.74) is 3.66. The van der Waals surface area contributed by atoms with E-state index >= 15 is 0 Å². The minimum absolute atomic E-state index is 0.174. The molecule has 2 N–H and O–H groups in total. The number of hydrogen-bond acceptors (Lipinski definition) is 1. The molecule has 0 atom stereocenters. The van der Waals surface area contributed by atoms with Gasteiger partial charge in [0.1, 0.15) is 0 Å². The summed E-state index contributed by atoms with van der Waals surface area (Å²) in [7, 11) is 0. The van der Waals surface area contributed by atoms with Crippen LogP contribution in [0.3, 0.4) is 0 Å². The lowest BCUT2D eigenvalue weighted by molar-refractivity contribution is -0.173. The topological polar surface area (TPSA) is 44.9 Å². The van der Waals surface area contributed by atoms with Crippen LogP contribution in [0.1, 0.15) is 16.7 Å². The highest BCUT2D eigenvalue weighted by atomic mass is 79.9. The van der Waals surface area contributed by atoms with Gasteiger partial charge < -0.3 is 10.3 Å². The molecule has 130 valence electrons. The molecular weight excluding hydrogens is 397 g/mol. The second-order valence-corrected chi connectivity index (χ2v) is 6.50. The smallest absolute Gasteiger partial charge is 0.361 e. The highest BCUT2D eigenvalue weighted by Gasteiger charge is 2.38. The Bertz CT molecular complexity index is 918. The van der Waals surface area contributed by atoms with Crippen LogP contribution in [0.5, 0.6) is 0 Å². The Morgan fingerprint density at radius 1 is 1.12 bits per heavy atom. The van der Waals surface area contributed by atoms with E-state index < -0.39 is 12.1 Å². The molecule has 0 aliphatic carbocycles. The van der Waals surface area contributed by atoms with Crippen molar-refractivity contribution < 1.29 is 18.0 Å². The van der Waals surface area contributed by atoms with E-state index in [4.69, 9.17) is 0 Å². The quantitative estimate of drug-likeness (QED) is 0.643. The van der Waals surface area contributed by atoms with Crippen molar-refractivity contribution in [3.8, 4) is 0 Å². The van der Waals surface area contributed by atoms with Gasteiger partial charge in [-0.1, -0.05) is 46.3 Å². The molecule has 0 saturated heterocycles. The number of para-hydroxylation sites is 1. The summed E-state index contributed by atoms with van der Waals surface area (Å²) in [6.45, 7) is -0.174. The summed E-state index contributed by atoms with van der Waals surface area (Å²) in [6.07, 6.45) is -2.33. The molecule has 0 aliphatic heterocycles. The van der Waals surface area contributed by atoms with Gasteiger partial charge in [-0.15, -0.1) is 0 Å². The lowest BCUT2D eigenvalue weighted by Crippen LogP contribution is -2.36. The van der Waals surface area contributed by atoms with Crippen molar-refractivity contribution in [2.45, 2.75) is 19.1 Å². The number of rotatable bonds is 4. The number of H-pyrrole nitrogens is 1. The van der Waals surface area contributed by atoms with E-state index in [1.807, 2.05) is 35.8 Å². The Labute approximate surface area is 150 Å². The molecule has 1 amide bonds. The molecule has 0 bridgehead atoms. The third kappa shape index (κ3) is 4.04. The molecule has 0 aliphatic rings. The van der Waals surface area contributed by atoms with Gasteiger partial charge in [0.15, 0.2) is 0 Å².